The summed E-state index contributed by atoms with van der Waals surface area (Å²) in [7, 11) is 0. The molecule has 0 aromatic heterocycles. The summed E-state index contributed by atoms with van der Waals surface area (Å²) in [5, 5.41) is 0. The average molecular weight is 228 g/mol. The van der Waals surface area contributed by atoms with Gasteiger partial charge in [-0.2, -0.15) is 0 Å². The van der Waals surface area contributed by atoms with Crippen LogP contribution in [-0.2, 0) is 5.41 Å². The zero-order valence-electron chi connectivity index (χ0n) is 7.69. The third-order valence-corrected chi connectivity index (χ3v) is 2.58. The number of hydrogen-bond acceptors (Lipinski definition) is 1. The van der Waals surface area contributed by atoms with Gasteiger partial charge in [0.1, 0.15) is 0 Å². The Hall–Kier alpha value is -0.500. The summed E-state index contributed by atoms with van der Waals surface area (Å²) < 4.78 is 0.968. The summed E-state index contributed by atoms with van der Waals surface area (Å²) in [6.07, 6.45) is 0. The quantitative estimate of drug-likeness (QED) is 0.677. The Bertz CT molecular complexity index is 286. The van der Waals surface area contributed by atoms with E-state index in [4.69, 9.17) is 5.73 Å². The van der Waals surface area contributed by atoms with Crippen molar-refractivity contribution in [2.45, 2.75) is 26.2 Å². The topological polar surface area (TPSA) is 26.0 Å². The Kier molecular flexibility index (Phi) is 2.47. The molecule has 0 aliphatic rings. The van der Waals surface area contributed by atoms with Crippen LogP contribution in [0.25, 0.3) is 0 Å². The number of hydrogen-bond donors (Lipinski definition) is 1. The monoisotopic (exact) mass is 227 g/mol. The fraction of sp³-hybridized carbons (Fsp3) is 0.400. The number of halogens is 1. The highest BCUT2D eigenvalue weighted by Crippen LogP contribution is 2.27. The van der Waals surface area contributed by atoms with Crippen LogP contribution in [0.15, 0.2) is 22.7 Å². The summed E-state index contributed by atoms with van der Waals surface area (Å²) in [4.78, 5) is 0. The molecular weight excluding hydrogens is 214 g/mol. The standard InChI is InChI=1S/C10H14BrN/c1-10(2,3)7-4-5-8(11)9(12)6-7/h4-6H,12H2,1-3H3. The van der Waals surface area contributed by atoms with Crippen LogP contribution in [0.5, 0.6) is 0 Å². The summed E-state index contributed by atoms with van der Waals surface area (Å²) >= 11 is 3.37. The third-order valence-electron chi connectivity index (χ3n) is 1.86. The summed E-state index contributed by atoms with van der Waals surface area (Å²) in [5.41, 5.74) is 8.02. The largest absolute Gasteiger partial charge is 0.398 e. The highest BCUT2D eigenvalue weighted by Gasteiger charge is 2.13. The molecule has 0 atom stereocenters. The van der Waals surface area contributed by atoms with Crippen LogP contribution in [0.3, 0.4) is 0 Å². The molecule has 0 unspecified atom stereocenters. The smallest absolute Gasteiger partial charge is 0.0461 e. The predicted octanol–water partition coefficient (Wildman–Crippen LogP) is 3.33. The van der Waals surface area contributed by atoms with Gasteiger partial charge in [-0.25, -0.2) is 0 Å². The van der Waals surface area contributed by atoms with Gasteiger partial charge in [0, 0.05) is 10.2 Å². The van der Waals surface area contributed by atoms with Crippen LogP contribution in [0.2, 0.25) is 0 Å². The maximum absolute atomic E-state index is 5.77. The molecule has 0 saturated carbocycles. The number of benzene rings is 1. The van der Waals surface area contributed by atoms with Gasteiger partial charge in [-0.1, -0.05) is 26.8 Å². The molecule has 1 aromatic carbocycles. The van der Waals surface area contributed by atoms with Crippen molar-refractivity contribution in [1.29, 1.82) is 0 Å². The second kappa shape index (κ2) is 3.09. The molecule has 0 radical (unpaired) electrons. The Morgan fingerprint density at radius 2 is 1.83 bits per heavy atom. The first kappa shape index (κ1) is 9.59. The van der Waals surface area contributed by atoms with Crippen molar-refractivity contribution in [2.75, 3.05) is 5.73 Å². The molecule has 1 nitrogen and oxygen atoms in total. The molecule has 0 saturated heterocycles. The Morgan fingerprint density at radius 1 is 1.25 bits per heavy atom. The van der Waals surface area contributed by atoms with Crippen molar-refractivity contribution < 1.29 is 0 Å². The molecule has 0 aliphatic heterocycles. The minimum Gasteiger partial charge on any atom is -0.398 e. The summed E-state index contributed by atoms with van der Waals surface area (Å²) in [6.45, 7) is 6.53. The Balaban J connectivity index is 3.14. The fourth-order valence-electron chi connectivity index (χ4n) is 1.01. The van der Waals surface area contributed by atoms with Crippen molar-refractivity contribution in [3.63, 3.8) is 0 Å². The lowest BCUT2D eigenvalue weighted by Gasteiger charge is -2.19. The van der Waals surface area contributed by atoms with Crippen molar-refractivity contribution >= 4 is 21.6 Å². The van der Waals surface area contributed by atoms with Crippen molar-refractivity contribution in [2.24, 2.45) is 0 Å². The van der Waals surface area contributed by atoms with Gasteiger partial charge < -0.3 is 5.73 Å². The highest BCUT2D eigenvalue weighted by atomic mass is 79.9. The lowest BCUT2D eigenvalue weighted by atomic mass is 9.87. The molecule has 2 N–H and O–H groups in total. The molecule has 0 bridgehead atoms. The zero-order valence-corrected chi connectivity index (χ0v) is 9.27. The fourth-order valence-corrected chi connectivity index (χ4v) is 1.26. The molecular formula is C10H14BrN. The zero-order chi connectivity index (χ0) is 9.35. The number of rotatable bonds is 0. The second-order valence-corrected chi connectivity index (χ2v) is 4.84. The molecule has 0 spiro atoms. The molecule has 12 heavy (non-hydrogen) atoms. The number of anilines is 1. The van der Waals surface area contributed by atoms with E-state index >= 15 is 0 Å². The minimum absolute atomic E-state index is 0.175. The molecule has 1 rings (SSSR count). The second-order valence-electron chi connectivity index (χ2n) is 3.99. The maximum Gasteiger partial charge on any atom is 0.0461 e. The van der Waals surface area contributed by atoms with Gasteiger partial charge in [0.15, 0.2) is 0 Å². The third kappa shape index (κ3) is 2.01. The van der Waals surface area contributed by atoms with Gasteiger partial charge in [-0.15, -0.1) is 0 Å². The van der Waals surface area contributed by atoms with E-state index in [0.29, 0.717) is 0 Å². The van der Waals surface area contributed by atoms with E-state index in [1.807, 2.05) is 12.1 Å². The van der Waals surface area contributed by atoms with Crippen LogP contribution < -0.4 is 5.73 Å². The summed E-state index contributed by atoms with van der Waals surface area (Å²) in [6, 6.07) is 6.11. The highest BCUT2D eigenvalue weighted by molar-refractivity contribution is 9.10. The van der Waals surface area contributed by atoms with E-state index < -0.39 is 0 Å². The summed E-state index contributed by atoms with van der Waals surface area (Å²) in [5.74, 6) is 0. The van der Waals surface area contributed by atoms with Gasteiger partial charge in [-0.3, -0.25) is 0 Å². The van der Waals surface area contributed by atoms with Crippen molar-refractivity contribution in [3.05, 3.63) is 28.2 Å². The first-order chi connectivity index (χ1) is 5.41. The van der Waals surface area contributed by atoms with Gasteiger partial charge in [0.05, 0.1) is 0 Å². The molecule has 2 heteroatoms. The van der Waals surface area contributed by atoms with Crippen LogP contribution in [-0.4, -0.2) is 0 Å². The SMILES string of the molecule is CC(C)(C)c1ccc(Br)c(N)c1. The normalized spacial score (nSPS) is 11.7. The first-order valence-electron chi connectivity index (χ1n) is 3.97. The van der Waals surface area contributed by atoms with Crippen LogP contribution in [0.4, 0.5) is 5.69 Å². The van der Waals surface area contributed by atoms with Gasteiger partial charge in [0.25, 0.3) is 0 Å². The Morgan fingerprint density at radius 3 is 2.25 bits per heavy atom. The lowest BCUT2D eigenvalue weighted by Crippen LogP contribution is -2.11. The number of nitrogens with two attached hydrogens (primary N) is 1. The molecule has 0 heterocycles. The predicted molar refractivity (Wildman–Crippen MR) is 57.3 cm³/mol. The van der Waals surface area contributed by atoms with Gasteiger partial charge in [0.2, 0.25) is 0 Å². The van der Waals surface area contributed by atoms with E-state index in [2.05, 4.69) is 42.8 Å². The molecule has 0 amide bonds. The molecule has 1 aromatic rings. The average Bonchev–Trinajstić information content (AvgIpc) is 1.92. The van der Waals surface area contributed by atoms with Gasteiger partial charge in [-0.05, 0) is 39.0 Å². The molecule has 0 aliphatic carbocycles. The van der Waals surface area contributed by atoms with E-state index in [9.17, 15) is 0 Å². The molecule has 66 valence electrons. The van der Waals surface area contributed by atoms with E-state index in [-0.39, 0.29) is 5.41 Å². The minimum atomic E-state index is 0.175. The van der Waals surface area contributed by atoms with Crippen molar-refractivity contribution in [1.82, 2.24) is 0 Å². The first-order valence-corrected chi connectivity index (χ1v) is 4.76. The van der Waals surface area contributed by atoms with Crippen LogP contribution >= 0.6 is 15.9 Å². The van der Waals surface area contributed by atoms with E-state index in [0.717, 1.165) is 10.2 Å². The van der Waals surface area contributed by atoms with E-state index in [1.54, 1.807) is 0 Å². The molecule has 0 fully saturated rings. The Labute approximate surface area is 82.1 Å². The number of nitrogen functional groups attached to an aromatic ring is 1. The van der Waals surface area contributed by atoms with Crippen molar-refractivity contribution in [3.8, 4) is 0 Å². The van der Waals surface area contributed by atoms with Crippen LogP contribution in [0, 0.1) is 0 Å². The lowest BCUT2D eigenvalue weighted by molar-refractivity contribution is 0.590. The van der Waals surface area contributed by atoms with Gasteiger partial charge >= 0.3 is 0 Å². The van der Waals surface area contributed by atoms with E-state index in [1.165, 1.54) is 5.56 Å². The van der Waals surface area contributed by atoms with Crippen LogP contribution in [0.1, 0.15) is 26.3 Å². The maximum atomic E-state index is 5.77.